The minimum absolute atomic E-state index is 0.0884. The van der Waals surface area contributed by atoms with E-state index < -0.39 is 11.9 Å². The molecule has 0 aliphatic carbocycles. The maximum absolute atomic E-state index is 11.5. The first-order chi connectivity index (χ1) is 17.0. The van der Waals surface area contributed by atoms with Crippen LogP contribution in [0.15, 0.2) is 84.9 Å². The molecule has 0 aliphatic rings. The largest absolute Gasteiger partial charge is 0.493 e. The van der Waals surface area contributed by atoms with E-state index in [4.69, 9.17) is 4.74 Å². The predicted molar refractivity (Wildman–Crippen MR) is 138 cm³/mol. The van der Waals surface area contributed by atoms with Gasteiger partial charge in [0.05, 0.1) is 18.6 Å². The number of rotatable bonds is 14. The molecule has 0 heterocycles. The summed E-state index contributed by atoms with van der Waals surface area (Å²) >= 11 is 0. The molecule has 0 aliphatic heterocycles. The number of carboxylic acid groups (broad SMARTS) is 2. The van der Waals surface area contributed by atoms with Crippen LogP contribution in [-0.2, 0) is 17.6 Å². The first kappa shape index (κ1) is 25.8. The minimum Gasteiger partial charge on any atom is -0.493 e. The molecule has 1 atom stereocenters. The van der Waals surface area contributed by atoms with Crippen molar-refractivity contribution in [3.8, 4) is 5.75 Å². The van der Waals surface area contributed by atoms with Gasteiger partial charge in [0.1, 0.15) is 5.75 Å². The summed E-state index contributed by atoms with van der Waals surface area (Å²) in [4.78, 5) is 23.0. The Balaban J connectivity index is 1.58. The Morgan fingerprint density at radius 2 is 1.54 bits per heavy atom. The summed E-state index contributed by atoms with van der Waals surface area (Å²) in [5.41, 5.74) is 3.05. The molecule has 0 saturated carbocycles. The van der Waals surface area contributed by atoms with Crippen LogP contribution in [0.5, 0.6) is 5.75 Å². The maximum Gasteiger partial charge on any atom is 0.335 e. The van der Waals surface area contributed by atoms with Crippen LogP contribution in [0, 0.1) is 5.92 Å². The number of aryl methyl sites for hydroxylation is 1. The fraction of sp³-hybridized carbons (Fsp3) is 0.267. The smallest absolute Gasteiger partial charge is 0.335 e. The highest BCUT2D eigenvalue weighted by Gasteiger charge is 2.16. The van der Waals surface area contributed by atoms with Gasteiger partial charge in [-0.25, -0.2) is 4.79 Å². The third kappa shape index (κ3) is 8.78. The molecule has 1 unspecified atom stereocenters. The molecular formula is C30H32O5. The van der Waals surface area contributed by atoms with E-state index in [2.05, 4.69) is 24.3 Å². The number of aliphatic carboxylic acids is 1. The summed E-state index contributed by atoms with van der Waals surface area (Å²) < 4.78 is 6.03. The van der Waals surface area contributed by atoms with Gasteiger partial charge in [-0.1, -0.05) is 78.9 Å². The highest BCUT2D eigenvalue weighted by Crippen LogP contribution is 2.23. The van der Waals surface area contributed by atoms with Gasteiger partial charge in [-0.05, 0) is 61.3 Å². The Labute approximate surface area is 206 Å². The van der Waals surface area contributed by atoms with E-state index in [1.165, 1.54) is 5.56 Å². The number of ether oxygens (including phenoxy) is 1. The lowest BCUT2D eigenvalue weighted by Crippen LogP contribution is -2.11. The van der Waals surface area contributed by atoms with E-state index in [0.29, 0.717) is 18.6 Å². The highest BCUT2D eigenvalue weighted by atomic mass is 16.5. The highest BCUT2D eigenvalue weighted by molar-refractivity contribution is 5.89. The van der Waals surface area contributed by atoms with Gasteiger partial charge in [0, 0.05) is 5.56 Å². The van der Waals surface area contributed by atoms with Crippen molar-refractivity contribution in [2.75, 3.05) is 6.61 Å². The Morgan fingerprint density at radius 3 is 2.31 bits per heavy atom. The molecule has 3 rings (SSSR count). The van der Waals surface area contributed by atoms with Crippen molar-refractivity contribution in [3.05, 3.63) is 107 Å². The molecule has 0 spiro atoms. The summed E-state index contributed by atoms with van der Waals surface area (Å²) in [6.45, 7) is 0.615. The van der Waals surface area contributed by atoms with Gasteiger partial charge in [0.25, 0.3) is 0 Å². The van der Waals surface area contributed by atoms with Crippen LogP contribution in [0.1, 0.15) is 52.7 Å². The van der Waals surface area contributed by atoms with Crippen molar-refractivity contribution in [3.63, 3.8) is 0 Å². The van der Waals surface area contributed by atoms with E-state index in [9.17, 15) is 19.8 Å². The van der Waals surface area contributed by atoms with Crippen molar-refractivity contribution in [1.29, 1.82) is 0 Å². The van der Waals surface area contributed by atoms with Gasteiger partial charge in [0.2, 0.25) is 0 Å². The fourth-order valence-electron chi connectivity index (χ4n) is 4.05. The second-order valence-corrected chi connectivity index (χ2v) is 8.57. The van der Waals surface area contributed by atoms with E-state index in [-0.39, 0.29) is 17.9 Å². The third-order valence-corrected chi connectivity index (χ3v) is 5.84. The lowest BCUT2D eigenvalue weighted by molar-refractivity contribution is -0.137. The van der Waals surface area contributed by atoms with Crippen LogP contribution < -0.4 is 4.74 Å². The van der Waals surface area contributed by atoms with Crippen LogP contribution in [0.3, 0.4) is 0 Å². The second-order valence-electron chi connectivity index (χ2n) is 8.57. The lowest BCUT2D eigenvalue weighted by Gasteiger charge is -2.13. The average molecular weight is 473 g/mol. The van der Waals surface area contributed by atoms with Crippen LogP contribution in [0.25, 0.3) is 6.08 Å². The van der Waals surface area contributed by atoms with E-state index >= 15 is 0 Å². The fourth-order valence-corrected chi connectivity index (χ4v) is 4.05. The van der Waals surface area contributed by atoms with Crippen LogP contribution >= 0.6 is 0 Å². The number of hydrogen-bond acceptors (Lipinski definition) is 3. The predicted octanol–water partition coefficient (Wildman–Crippen LogP) is 6.52. The van der Waals surface area contributed by atoms with Gasteiger partial charge >= 0.3 is 11.9 Å². The van der Waals surface area contributed by atoms with Crippen molar-refractivity contribution in [1.82, 2.24) is 0 Å². The van der Waals surface area contributed by atoms with E-state index in [0.717, 1.165) is 37.0 Å². The third-order valence-electron chi connectivity index (χ3n) is 5.84. The molecule has 0 saturated heterocycles. The van der Waals surface area contributed by atoms with E-state index in [1.54, 1.807) is 24.3 Å². The number of carbonyl (C=O) groups is 2. The van der Waals surface area contributed by atoms with Gasteiger partial charge < -0.3 is 14.9 Å². The molecule has 35 heavy (non-hydrogen) atoms. The first-order valence-electron chi connectivity index (χ1n) is 12.0. The van der Waals surface area contributed by atoms with E-state index in [1.807, 2.05) is 42.5 Å². The molecule has 2 N–H and O–H groups in total. The van der Waals surface area contributed by atoms with Gasteiger partial charge in [0.15, 0.2) is 0 Å². The van der Waals surface area contributed by atoms with Crippen molar-refractivity contribution in [2.24, 2.45) is 5.92 Å². The molecule has 0 radical (unpaired) electrons. The Hall–Kier alpha value is -3.86. The summed E-state index contributed by atoms with van der Waals surface area (Å²) in [5.74, 6) is -1.53. The molecule has 0 bridgehead atoms. The number of aromatic carboxylic acids is 1. The van der Waals surface area contributed by atoms with Crippen LogP contribution in [0.2, 0.25) is 0 Å². The Morgan fingerprint density at radius 1 is 0.829 bits per heavy atom. The van der Waals surface area contributed by atoms with Crippen molar-refractivity contribution < 1.29 is 24.5 Å². The molecule has 0 aromatic heterocycles. The summed E-state index contributed by atoms with van der Waals surface area (Å²) in [6.07, 6.45) is 8.18. The van der Waals surface area contributed by atoms with Crippen molar-refractivity contribution >= 4 is 18.0 Å². The van der Waals surface area contributed by atoms with Crippen LogP contribution in [-0.4, -0.2) is 28.8 Å². The lowest BCUT2D eigenvalue weighted by atomic mass is 9.92. The summed E-state index contributed by atoms with van der Waals surface area (Å²) in [6, 6.07) is 24.9. The topological polar surface area (TPSA) is 83.8 Å². The number of benzene rings is 3. The number of carboxylic acids is 2. The zero-order valence-corrected chi connectivity index (χ0v) is 19.8. The number of allylic oxidation sites excluding steroid dienone is 1. The summed E-state index contributed by atoms with van der Waals surface area (Å²) in [7, 11) is 0. The van der Waals surface area contributed by atoms with Gasteiger partial charge in [-0.3, -0.25) is 4.79 Å². The molecule has 5 nitrogen and oxygen atoms in total. The molecule has 3 aromatic carbocycles. The minimum atomic E-state index is -1.01. The average Bonchev–Trinajstić information content (AvgIpc) is 2.86. The number of para-hydroxylation sites is 1. The molecule has 182 valence electrons. The zero-order valence-electron chi connectivity index (χ0n) is 19.8. The number of hydrogen-bond donors (Lipinski definition) is 2. The SMILES string of the molecule is O=C(O)CC(C=Cc1ccccc1OCCCCCc1ccccc1)Cc1ccccc1C(=O)O. The molecular weight excluding hydrogens is 440 g/mol. The Bertz CT molecular complexity index is 1120. The second kappa shape index (κ2) is 13.8. The standard InChI is InChI=1S/C30H32O5/c31-29(32)22-24(21-26-15-6-8-16-27(26)30(33)34)18-19-25-14-7-9-17-28(25)35-20-10-2-5-13-23-11-3-1-4-12-23/h1,3-4,6-9,11-12,14-19,24H,2,5,10,13,20-22H2,(H,31,32)(H,33,34). The number of unbranched alkanes of at least 4 members (excludes halogenated alkanes) is 2. The maximum atomic E-state index is 11.5. The normalized spacial score (nSPS) is 11.9. The zero-order chi connectivity index (χ0) is 24.9. The molecule has 0 amide bonds. The van der Waals surface area contributed by atoms with Crippen LogP contribution in [0.4, 0.5) is 0 Å². The molecule has 3 aromatic rings. The quantitative estimate of drug-likeness (QED) is 0.261. The summed E-state index contributed by atoms with van der Waals surface area (Å²) in [5, 5.41) is 18.8. The molecule has 0 fully saturated rings. The first-order valence-corrected chi connectivity index (χ1v) is 12.0. The van der Waals surface area contributed by atoms with Gasteiger partial charge in [-0.2, -0.15) is 0 Å². The molecule has 5 heteroatoms. The van der Waals surface area contributed by atoms with Gasteiger partial charge in [-0.15, -0.1) is 0 Å². The monoisotopic (exact) mass is 472 g/mol. The van der Waals surface area contributed by atoms with Crippen molar-refractivity contribution in [2.45, 2.75) is 38.5 Å². The Kier molecular flexibility index (Phi) is 10.1.